The van der Waals surface area contributed by atoms with Crippen LogP contribution >= 0.6 is 0 Å². The molecule has 1 saturated carbocycles. The first-order chi connectivity index (χ1) is 6.96. The maximum Gasteiger partial charge on any atom is 0.0679 e. The fourth-order valence-corrected chi connectivity index (χ4v) is 3.67. The van der Waals surface area contributed by atoms with E-state index in [0.717, 1.165) is 31.5 Å². The first-order valence-corrected chi connectivity index (χ1v) is 6.38. The normalized spacial score (nSPS) is 42.0. The van der Waals surface area contributed by atoms with Crippen LogP contribution in [0, 0.1) is 11.3 Å². The van der Waals surface area contributed by atoms with Gasteiger partial charge in [-0.3, -0.25) is 4.90 Å². The summed E-state index contributed by atoms with van der Waals surface area (Å²) in [4.78, 5) is 2.52. The van der Waals surface area contributed by atoms with Crippen molar-refractivity contribution in [2.24, 2.45) is 11.3 Å². The summed E-state index contributed by atoms with van der Waals surface area (Å²) in [5, 5.41) is 9.58. The highest BCUT2D eigenvalue weighted by Crippen LogP contribution is 2.41. The summed E-state index contributed by atoms with van der Waals surface area (Å²) in [5.41, 5.74) is 0.496. The van der Waals surface area contributed by atoms with Crippen LogP contribution in [0.5, 0.6) is 0 Å². The molecule has 0 amide bonds. The zero-order valence-corrected chi connectivity index (χ0v) is 10.4. The van der Waals surface area contributed by atoms with Crippen LogP contribution in [0.25, 0.3) is 0 Å². The first kappa shape index (κ1) is 11.4. The van der Waals surface area contributed by atoms with Gasteiger partial charge in [0.1, 0.15) is 0 Å². The van der Waals surface area contributed by atoms with Crippen molar-refractivity contribution in [1.29, 1.82) is 0 Å². The smallest absolute Gasteiger partial charge is 0.0679 e. The van der Waals surface area contributed by atoms with E-state index in [2.05, 4.69) is 25.7 Å². The number of aliphatic hydroxyl groups excluding tert-OH is 1. The Balaban J connectivity index is 1.97. The fourth-order valence-electron chi connectivity index (χ4n) is 3.67. The standard InChI is InChI=1S/C13H25NO/c1-10-6-11(8-13(2,3)7-10)14-5-4-12(15)9-14/h10-12,15H,4-9H2,1-3H3/t10-,11+,12+/m1/s1. The van der Waals surface area contributed by atoms with Crippen LogP contribution in [0.1, 0.15) is 46.5 Å². The van der Waals surface area contributed by atoms with Crippen LogP contribution in [0.2, 0.25) is 0 Å². The summed E-state index contributed by atoms with van der Waals surface area (Å²) >= 11 is 0. The molecular formula is C13H25NO. The monoisotopic (exact) mass is 211 g/mol. The molecule has 1 N–H and O–H groups in total. The van der Waals surface area contributed by atoms with Crippen LogP contribution in [-0.4, -0.2) is 35.2 Å². The topological polar surface area (TPSA) is 23.5 Å². The van der Waals surface area contributed by atoms with Gasteiger partial charge in [0.15, 0.2) is 0 Å². The molecule has 2 heteroatoms. The number of β-amino-alcohol motifs (C(OH)–C–C–N with tert-alkyl or cyclic N) is 1. The molecule has 88 valence electrons. The van der Waals surface area contributed by atoms with E-state index < -0.39 is 0 Å². The van der Waals surface area contributed by atoms with Crippen molar-refractivity contribution >= 4 is 0 Å². The van der Waals surface area contributed by atoms with Crippen LogP contribution in [0.3, 0.4) is 0 Å². The van der Waals surface area contributed by atoms with Crippen molar-refractivity contribution in [3.63, 3.8) is 0 Å². The fraction of sp³-hybridized carbons (Fsp3) is 1.00. The van der Waals surface area contributed by atoms with E-state index in [1.807, 2.05) is 0 Å². The Bertz CT molecular complexity index is 227. The Hall–Kier alpha value is -0.0800. The molecule has 1 aliphatic heterocycles. The van der Waals surface area contributed by atoms with Crippen molar-refractivity contribution in [3.05, 3.63) is 0 Å². The highest BCUT2D eigenvalue weighted by molar-refractivity contribution is 4.90. The number of hydrogen-bond donors (Lipinski definition) is 1. The average Bonchev–Trinajstić information content (AvgIpc) is 2.48. The number of hydrogen-bond acceptors (Lipinski definition) is 2. The molecule has 0 bridgehead atoms. The zero-order chi connectivity index (χ0) is 11.1. The molecule has 0 unspecified atom stereocenters. The molecule has 0 spiro atoms. The van der Waals surface area contributed by atoms with Gasteiger partial charge in [-0.25, -0.2) is 0 Å². The minimum Gasteiger partial charge on any atom is -0.392 e. The van der Waals surface area contributed by atoms with Crippen LogP contribution in [0.4, 0.5) is 0 Å². The predicted octanol–water partition coefficient (Wildman–Crippen LogP) is 2.27. The molecule has 0 aromatic heterocycles. The van der Waals surface area contributed by atoms with E-state index in [1.165, 1.54) is 19.3 Å². The van der Waals surface area contributed by atoms with E-state index in [-0.39, 0.29) is 6.10 Å². The Morgan fingerprint density at radius 3 is 2.53 bits per heavy atom. The molecule has 3 atom stereocenters. The van der Waals surface area contributed by atoms with Gasteiger partial charge in [0.2, 0.25) is 0 Å². The summed E-state index contributed by atoms with van der Waals surface area (Å²) in [6.07, 6.45) is 4.91. The molecule has 2 nitrogen and oxygen atoms in total. The van der Waals surface area contributed by atoms with Gasteiger partial charge in [-0.05, 0) is 37.0 Å². The van der Waals surface area contributed by atoms with Crippen molar-refractivity contribution in [2.45, 2.75) is 58.6 Å². The quantitative estimate of drug-likeness (QED) is 0.719. The van der Waals surface area contributed by atoms with Gasteiger partial charge >= 0.3 is 0 Å². The largest absolute Gasteiger partial charge is 0.392 e. The maximum atomic E-state index is 9.58. The molecule has 2 rings (SSSR count). The van der Waals surface area contributed by atoms with Gasteiger partial charge in [-0.15, -0.1) is 0 Å². The van der Waals surface area contributed by atoms with E-state index in [0.29, 0.717) is 5.41 Å². The van der Waals surface area contributed by atoms with E-state index >= 15 is 0 Å². The van der Waals surface area contributed by atoms with E-state index in [9.17, 15) is 5.11 Å². The molecule has 2 aliphatic rings. The van der Waals surface area contributed by atoms with Crippen molar-refractivity contribution in [1.82, 2.24) is 4.90 Å². The van der Waals surface area contributed by atoms with Crippen LogP contribution in [0.15, 0.2) is 0 Å². The van der Waals surface area contributed by atoms with E-state index in [4.69, 9.17) is 0 Å². The Kier molecular flexibility index (Phi) is 3.09. The van der Waals surface area contributed by atoms with Gasteiger partial charge in [-0.1, -0.05) is 20.8 Å². The summed E-state index contributed by atoms with van der Waals surface area (Å²) in [6.45, 7) is 9.17. The number of rotatable bonds is 1. The average molecular weight is 211 g/mol. The van der Waals surface area contributed by atoms with Crippen LogP contribution in [-0.2, 0) is 0 Å². The van der Waals surface area contributed by atoms with Crippen molar-refractivity contribution in [2.75, 3.05) is 13.1 Å². The van der Waals surface area contributed by atoms with Gasteiger partial charge < -0.3 is 5.11 Å². The summed E-state index contributed by atoms with van der Waals surface area (Å²) < 4.78 is 0. The lowest BCUT2D eigenvalue weighted by molar-refractivity contribution is 0.0713. The molecular weight excluding hydrogens is 186 g/mol. The lowest BCUT2D eigenvalue weighted by atomic mass is 9.70. The third kappa shape index (κ3) is 2.73. The van der Waals surface area contributed by atoms with Gasteiger partial charge in [-0.2, -0.15) is 0 Å². The summed E-state index contributed by atoms with van der Waals surface area (Å²) in [5.74, 6) is 0.844. The van der Waals surface area contributed by atoms with E-state index in [1.54, 1.807) is 0 Å². The summed E-state index contributed by atoms with van der Waals surface area (Å²) in [6, 6.07) is 0.723. The lowest BCUT2D eigenvalue weighted by Crippen LogP contribution is -2.42. The van der Waals surface area contributed by atoms with Gasteiger partial charge in [0.05, 0.1) is 6.10 Å². The number of likely N-dealkylation sites (tertiary alicyclic amines) is 1. The third-order valence-corrected chi connectivity index (χ3v) is 4.07. The molecule has 2 fully saturated rings. The van der Waals surface area contributed by atoms with Gasteiger partial charge in [0, 0.05) is 19.1 Å². The predicted molar refractivity (Wildman–Crippen MR) is 62.8 cm³/mol. The molecule has 1 aliphatic carbocycles. The lowest BCUT2D eigenvalue weighted by Gasteiger charge is -2.42. The highest BCUT2D eigenvalue weighted by atomic mass is 16.3. The second-order valence-electron chi connectivity index (χ2n) is 6.50. The minimum absolute atomic E-state index is 0.0645. The molecule has 1 heterocycles. The second-order valence-corrected chi connectivity index (χ2v) is 6.50. The maximum absolute atomic E-state index is 9.58. The Morgan fingerprint density at radius 2 is 2.00 bits per heavy atom. The molecule has 0 radical (unpaired) electrons. The first-order valence-electron chi connectivity index (χ1n) is 6.38. The minimum atomic E-state index is -0.0645. The Morgan fingerprint density at radius 1 is 1.27 bits per heavy atom. The molecule has 0 aromatic carbocycles. The molecule has 15 heavy (non-hydrogen) atoms. The SMILES string of the molecule is C[C@@H]1C[C@H](N2CC[C@H](O)C2)CC(C)(C)C1. The Labute approximate surface area is 93.7 Å². The van der Waals surface area contributed by atoms with Gasteiger partial charge in [0.25, 0.3) is 0 Å². The van der Waals surface area contributed by atoms with Crippen LogP contribution < -0.4 is 0 Å². The zero-order valence-electron chi connectivity index (χ0n) is 10.4. The van der Waals surface area contributed by atoms with Crippen molar-refractivity contribution in [3.8, 4) is 0 Å². The number of nitrogens with zero attached hydrogens (tertiary/aromatic N) is 1. The second kappa shape index (κ2) is 4.06. The molecule has 0 aromatic rings. The number of aliphatic hydroxyl groups is 1. The third-order valence-electron chi connectivity index (χ3n) is 4.07. The summed E-state index contributed by atoms with van der Waals surface area (Å²) in [7, 11) is 0. The van der Waals surface area contributed by atoms with Crippen molar-refractivity contribution < 1.29 is 5.11 Å². The molecule has 1 saturated heterocycles. The highest BCUT2D eigenvalue weighted by Gasteiger charge is 2.36.